The second kappa shape index (κ2) is 13.3. The van der Waals surface area contributed by atoms with E-state index in [9.17, 15) is 24.3 Å². The molecule has 1 aliphatic carbocycles. The highest BCUT2D eigenvalue weighted by molar-refractivity contribution is 5.99. The van der Waals surface area contributed by atoms with Gasteiger partial charge in [-0.25, -0.2) is 0 Å². The summed E-state index contributed by atoms with van der Waals surface area (Å²) in [5, 5.41) is 13.6. The van der Waals surface area contributed by atoms with Gasteiger partial charge in [-0.1, -0.05) is 87.7 Å². The normalized spacial score (nSPS) is 35.3. The molecule has 1 saturated carbocycles. The van der Waals surface area contributed by atoms with Gasteiger partial charge in [0.1, 0.15) is 23.7 Å². The molecule has 4 heterocycles. The van der Waals surface area contributed by atoms with Gasteiger partial charge in [-0.3, -0.25) is 19.2 Å². The molecule has 0 radical (unpaired) electrons. The third-order valence-corrected chi connectivity index (χ3v) is 10.6. The predicted octanol–water partition coefficient (Wildman–Crippen LogP) is 3.45. The van der Waals surface area contributed by atoms with Crippen molar-refractivity contribution in [3.05, 3.63) is 60.2 Å². The Morgan fingerprint density at radius 2 is 1.76 bits per heavy atom. The minimum Gasteiger partial charge on any atom is -0.455 e. The highest BCUT2D eigenvalue weighted by Gasteiger charge is 2.73. The van der Waals surface area contributed by atoms with E-state index in [1.54, 1.807) is 13.0 Å². The van der Waals surface area contributed by atoms with Crippen LogP contribution in [-0.2, 0) is 28.7 Å². The summed E-state index contributed by atoms with van der Waals surface area (Å²) >= 11 is 0. The molecule has 1 spiro atoms. The molecule has 4 aliphatic heterocycles. The Bertz CT molecular complexity index is 1370. The summed E-state index contributed by atoms with van der Waals surface area (Å²) < 4.78 is 13.1. The Morgan fingerprint density at radius 1 is 1.02 bits per heavy atom. The lowest BCUT2D eigenvalue weighted by Gasteiger charge is -2.42. The van der Waals surface area contributed by atoms with Gasteiger partial charge in [0.25, 0.3) is 0 Å². The van der Waals surface area contributed by atoms with Crippen molar-refractivity contribution in [2.75, 3.05) is 13.2 Å². The topological polar surface area (TPSA) is 125 Å². The maximum Gasteiger partial charge on any atom is 0.313 e. The van der Waals surface area contributed by atoms with Crippen molar-refractivity contribution in [1.82, 2.24) is 15.1 Å². The van der Waals surface area contributed by atoms with Crippen molar-refractivity contribution in [2.45, 2.75) is 108 Å². The van der Waals surface area contributed by atoms with Crippen molar-refractivity contribution >= 4 is 23.7 Å². The minimum absolute atomic E-state index is 0.0568. The fraction of sp³-hybridized carbons (Fsp3) is 0.611. The number of carbonyl (C=O) groups excluding carboxylic acids is 4. The maximum absolute atomic E-state index is 14.8. The van der Waals surface area contributed by atoms with Crippen molar-refractivity contribution in [3.63, 3.8) is 0 Å². The second-order valence-corrected chi connectivity index (χ2v) is 13.9. The highest BCUT2D eigenvalue weighted by Crippen LogP contribution is 2.54. The lowest BCUT2D eigenvalue weighted by Crippen LogP contribution is -2.60. The van der Waals surface area contributed by atoms with Gasteiger partial charge in [-0.05, 0) is 37.7 Å². The quantitative estimate of drug-likeness (QED) is 0.376. The smallest absolute Gasteiger partial charge is 0.313 e. The molecule has 0 unspecified atom stereocenters. The van der Waals surface area contributed by atoms with Crippen molar-refractivity contribution in [3.8, 4) is 0 Å². The number of aliphatic hydroxyl groups excluding tert-OH is 1. The van der Waals surface area contributed by atoms with Crippen LogP contribution in [0.3, 0.4) is 0 Å². The average molecular weight is 634 g/mol. The highest BCUT2D eigenvalue weighted by atomic mass is 16.6. The molecule has 6 rings (SSSR count). The third kappa shape index (κ3) is 5.68. The summed E-state index contributed by atoms with van der Waals surface area (Å²) in [5.74, 6) is -3.61. The van der Waals surface area contributed by atoms with Crippen molar-refractivity contribution in [1.29, 1.82) is 0 Å². The number of nitrogens with zero attached hydrogens (tertiary/aromatic N) is 2. The first-order valence-electron chi connectivity index (χ1n) is 17.0. The van der Waals surface area contributed by atoms with Gasteiger partial charge < -0.3 is 29.7 Å². The molecule has 0 bridgehead atoms. The van der Waals surface area contributed by atoms with Crippen LogP contribution >= 0.6 is 0 Å². The van der Waals surface area contributed by atoms with E-state index < -0.39 is 53.7 Å². The number of aliphatic hydroxyl groups is 1. The molecule has 2 saturated heterocycles. The molecule has 10 heteroatoms. The van der Waals surface area contributed by atoms with Crippen LogP contribution in [0, 0.1) is 17.8 Å². The predicted molar refractivity (Wildman–Crippen MR) is 170 cm³/mol. The van der Waals surface area contributed by atoms with Crippen LogP contribution in [0.25, 0.3) is 0 Å². The Hall–Kier alpha value is -3.50. The van der Waals surface area contributed by atoms with Gasteiger partial charge >= 0.3 is 5.97 Å². The van der Waals surface area contributed by atoms with E-state index in [1.165, 1.54) is 4.90 Å². The van der Waals surface area contributed by atoms with E-state index in [1.807, 2.05) is 67.3 Å². The summed E-state index contributed by atoms with van der Waals surface area (Å²) in [7, 11) is 0. The standard InChI is InChI=1S/C36H47N3O7/c1-22(2)26(21-40)39-32-34(43)38(25-15-8-5-9-16-25)20-12-19-36(32)30(33(39)42)29-27(46-36)17-10-11-18-28(41)37-23(3)31(45-35(29)44)24-13-6-4-7-14-24/h4,6-7,10,12-14,17,19,22-23,25-27,29-32,40H,5,8-9,11,15-16,18,20-21H2,1-3H3,(H,37,41)/b17-10-/t23-,26+,27-,29+,30+,31+,32-,36+/m1/s1. The number of nitrogens with one attached hydrogen (secondary N) is 1. The first-order valence-corrected chi connectivity index (χ1v) is 17.0. The molecule has 2 N–H and O–H groups in total. The third-order valence-electron chi connectivity index (χ3n) is 10.6. The molecule has 46 heavy (non-hydrogen) atoms. The number of carbonyl (C=O) groups is 4. The van der Waals surface area contributed by atoms with E-state index in [4.69, 9.17) is 9.47 Å². The second-order valence-electron chi connectivity index (χ2n) is 13.9. The van der Waals surface area contributed by atoms with Gasteiger partial charge in [0.05, 0.1) is 30.7 Å². The fourth-order valence-electron chi connectivity index (χ4n) is 8.36. The van der Waals surface area contributed by atoms with Crippen molar-refractivity contribution < 1.29 is 33.8 Å². The molecule has 1 aromatic rings. The number of likely N-dealkylation sites (tertiary alicyclic amines) is 1. The molecule has 1 aromatic carbocycles. The van der Waals surface area contributed by atoms with E-state index >= 15 is 0 Å². The first-order chi connectivity index (χ1) is 22.2. The Kier molecular flexibility index (Phi) is 9.39. The van der Waals surface area contributed by atoms with Crippen molar-refractivity contribution in [2.24, 2.45) is 17.8 Å². The van der Waals surface area contributed by atoms with Crippen LogP contribution in [0.5, 0.6) is 0 Å². The molecule has 0 aromatic heterocycles. The summed E-state index contributed by atoms with van der Waals surface area (Å²) in [6.07, 6.45) is 11.3. The van der Waals surface area contributed by atoms with Crippen LogP contribution in [-0.4, -0.2) is 87.6 Å². The summed E-state index contributed by atoms with van der Waals surface area (Å²) in [4.78, 5) is 60.2. The van der Waals surface area contributed by atoms with Crippen LogP contribution in [0.2, 0.25) is 0 Å². The molecule has 3 amide bonds. The van der Waals surface area contributed by atoms with Gasteiger partial charge in [0.2, 0.25) is 17.7 Å². The largest absolute Gasteiger partial charge is 0.455 e. The number of hydrogen-bond acceptors (Lipinski definition) is 7. The van der Waals surface area contributed by atoms with Crippen LogP contribution < -0.4 is 5.32 Å². The van der Waals surface area contributed by atoms with Gasteiger partial charge in [-0.15, -0.1) is 0 Å². The van der Waals surface area contributed by atoms with Gasteiger partial charge in [0, 0.05) is 19.0 Å². The number of allylic oxidation sites excluding steroid dienone is 1. The molecule has 10 nitrogen and oxygen atoms in total. The summed E-state index contributed by atoms with van der Waals surface area (Å²) in [6.45, 7) is 5.70. The molecule has 3 fully saturated rings. The van der Waals surface area contributed by atoms with Crippen LogP contribution in [0.1, 0.15) is 77.4 Å². The average Bonchev–Trinajstić information content (AvgIpc) is 3.43. The van der Waals surface area contributed by atoms with Crippen LogP contribution in [0.15, 0.2) is 54.6 Å². The zero-order valence-corrected chi connectivity index (χ0v) is 27.0. The number of benzene rings is 1. The van der Waals surface area contributed by atoms with E-state index in [0.717, 1.165) is 32.1 Å². The lowest BCUT2D eigenvalue weighted by atomic mass is 9.77. The van der Waals surface area contributed by atoms with E-state index in [0.29, 0.717) is 18.5 Å². The van der Waals surface area contributed by atoms with Crippen LogP contribution in [0.4, 0.5) is 0 Å². The van der Waals surface area contributed by atoms with E-state index in [2.05, 4.69) is 5.32 Å². The number of amides is 3. The van der Waals surface area contributed by atoms with Gasteiger partial charge in [0.15, 0.2) is 0 Å². The zero-order chi connectivity index (χ0) is 32.6. The zero-order valence-electron chi connectivity index (χ0n) is 27.0. The summed E-state index contributed by atoms with van der Waals surface area (Å²) in [6, 6.07) is 7.08. The number of fused-ring (bicyclic) bond motifs is 2. The monoisotopic (exact) mass is 633 g/mol. The molecule has 248 valence electrons. The Morgan fingerprint density at radius 3 is 2.46 bits per heavy atom. The Balaban J connectivity index is 1.45. The number of ether oxygens (including phenoxy) is 2. The Labute approximate surface area is 271 Å². The summed E-state index contributed by atoms with van der Waals surface area (Å²) in [5.41, 5.74) is -0.716. The first kappa shape index (κ1) is 32.4. The lowest BCUT2D eigenvalue weighted by molar-refractivity contribution is -0.162. The number of esters is 1. The molecule has 5 aliphatic rings. The van der Waals surface area contributed by atoms with E-state index in [-0.39, 0.29) is 42.7 Å². The minimum atomic E-state index is -1.43. The molecular formula is C36H47N3O7. The molecular weight excluding hydrogens is 586 g/mol. The number of cyclic esters (lactones) is 1. The maximum atomic E-state index is 14.8. The van der Waals surface area contributed by atoms with Gasteiger partial charge in [-0.2, -0.15) is 0 Å². The SMILES string of the molecule is CC(C)[C@H](CO)N1C(=O)[C@@H]2[C@H]3C(=O)O[C@H](c4ccccc4)[C@@H](C)NC(=O)CC/C=C\[C@H]3O[C@@]23C=CCN(C2CCCCC2)C(=O)[C@@H]13. The number of rotatable bonds is 5. The number of hydrogen-bond donors (Lipinski definition) is 2. The fourth-order valence-corrected chi connectivity index (χ4v) is 8.36. The molecule has 8 atom stereocenters.